The molecule has 4 aromatic rings. The van der Waals surface area contributed by atoms with E-state index in [0.29, 0.717) is 30.0 Å². The smallest absolute Gasteiger partial charge is 0.275 e. The first kappa shape index (κ1) is 18.7. The van der Waals surface area contributed by atoms with Gasteiger partial charge in [0.25, 0.3) is 11.5 Å². The lowest BCUT2D eigenvalue weighted by Crippen LogP contribution is -2.32. The summed E-state index contributed by atoms with van der Waals surface area (Å²) >= 11 is 0. The predicted octanol–water partition coefficient (Wildman–Crippen LogP) is 2.31. The van der Waals surface area contributed by atoms with Crippen molar-refractivity contribution in [3.05, 3.63) is 76.7 Å². The zero-order valence-electron chi connectivity index (χ0n) is 16.1. The maximum atomic E-state index is 13.1. The van der Waals surface area contributed by atoms with Crippen LogP contribution in [0.5, 0.6) is 0 Å². The number of carbonyl (C=O) groups is 1. The highest BCUT2D eigenvalue weighted by Crippen LogP contribution is 2.19. The van der Waals surface area contributed by atoms with Crippen LogP contribution in [0.25, 0.3) is 22.2 Å². The molecular formula is C21H20FN5O2. The molecule has 1 aromatic carbocycles. The lowest BCUT2D eigenvalue weighted by molar-refractivity contribution is 0.0943. The minimum absolute atomic E-state index is 0.0941. The van der Waals surface area contributed by atoms with E-state index in [1.54, 1.807) is 40.6 Å². The second kappa shape index (κ2) is 7.38. The van der Waals surface area contributed by atoms with E-state index < -0.39 is 0 Å². The standard InChI is InChI=1S/C21H20FN5O2/c1-25-10-7-15-8-11-27(21(29)19(15)25)12-9-23-20(28)18-13-17(24-26(18)2)14-3-5-16(22)6-4-14/h3-8,10-11,13H,9,12H2,1-2H3,(H,23,28). The van der Waals surface area contributed by atoms with Crippen LogP contribution in [0.2, 0.25) is 0 Å². The Morgan fingerprint density at radius 3 is 2.59 bits per heavy atom. The summed E-state index contributed by atoms with van der Waals surface area (Å²) in [6.45, 7) is 0.653. The van der Waals surface area contributed by atoms with Gasteiger partial charge in [0, 0.05) is 50.5 Å². The molecular weight excluding hydrogens is 373 g/mol. The fourth-order valence-corrected chi connectivity index (χ4v) is 3.33. The van der Waals surface area contributed by atoms with Crippen LogP contribution in [-0.2, 0) is 20.6 Å². The number of hydrogen-bond acceptors (Lipinski definition) is 3. The van der Waals surface area contributed by atoms with Crippen LogP contribution in [0.3, 0.4) is 0 Å². The maximum absolute atomic E-state index is 13.1. The Morgan fingerprint density at radius 1 is 1.10 bits per heavy atom. The quantitative estimate of drug-likeness (QED) is 0.566. The summed E-state index contributed by atoms with van der Waals surface area (Å²) in [7, 11) is 3.51. The van der Waals surface area contributed by atoms with Crippen LogP contribution in [0.1, 0.15) is 10.5 Å². The van der Waals surface area contributed by atoms with Gasteiger partial charge >= 0.3 is 0 Å². The molecule has 0 aliphatic heterocycles. The Labute approximate surface area is 166 Å². The Morgan fingerprint density at radius 2 is 1.83 bits per heavy atom. The predicted molar refractivity (Wildman–Crippen MR) is 108 cm³/mol. The average Bonchev–Trinajstić information content (AvgIpc) is 3.27. The monoisotopic (exact) mass is 393 g/mol. The van der Waals surface area contributed by atoms with E-state index in [1.165, 1.54) is 16.8 Å². The number of benzene rings is 1. The highest BCUT2D eigenvalue weighted by Gasteiger charge is 2.14. The van der Waals surface area contributed by atoms with Gasteiger partial charge in [0.1, 0.15) is 17.0 Å². The number of aromatic nitrogens is 4. The molecule has 0 spiro atoms. The minimum Gasteiger partial charge on any atom is -0.349 e. The Hall–Kier alpha value is -3.68. The van der Waals surface area contributed by atoms with E-state index in [4.69, 9.17) is 0 Å². The van der Waals surface area contributed by atoms with Crippen LogP contribution < -0.4 is 10.9 Å². The van der Waals surface area contributed by atoms with E-state index in [0.717, 1.165) is 10.9 Å². The molecule has 8 heteroatoms. The van der Waals surface area contributed by atoms with Crippen LogP contribution >= 0.6 is 0 Å². The number of hydrogen-bond donors (Lipinski definition) is 1. The van der Waals surface area contributed by atoms with Crippen molar-refractivity contribution in [2.45, 2.75) is 6.54 Å². The molecule has 0 unspecified atom stereocenters. The summed E-state index contributed by atoms with van der Waals surface area (Å²) < 4.78 is 17.9. The molecule has 7 nitrogen and oxygen atoms in total. The van der Waals surface area contributed by atoms with E-state index in [-0.39, 0.29) is 17.3 Å². The Kier molecular flexibility index (Phi) is 4.75. The molecule has 0 saturated carbocycles. The molecule has 0 bridgehead atoms. The second-order valence-corrected chi connectivity index (χ2v) is 6.85. The fraction of sp³-hybridized carbons (Fsp3) is 0.190. The summed E-state index contributed by atoms with van der Waals surface area (Å²) in [5.41, 5.74) is 2.24. The first-order valence-electron chi connectivity index (χ1n) is 9.16. The number of nitrogens with zero attached hydrogens (tertiary/aromatic N) is 4. The van der Waals surface area contributed by atoms with Gasteiger partial charge in [0.2, 0.25) is 0 Å². The second-order valence-electron chi connectivity index (χ2n) is 6.85. The SMILES string of the molecule is Cn1nc(-c2ccc(F)cc2)cc1C(=O)NCCn1ccc2ccn(C)c2c1=O. The Balaban J connectivity index is 1.45. The van der Waals surface area contributed by atoms with Crippen LogP contribution in [0, 0.1) is 5.82 Å². The molecule has 0 fully saturated rings. The van der Waals surface area contributed by atoms with Gasteiger partial charge in [-0.25, -0.2) is 4.39 Å². The number of fused-ring (bicyclic) bond motifs is 1. The maximum Gasteiger partial charge on any atom is 0.275 e. The fourth-order valence-electron chi connectivity index (χ4n) is 3.33. The number of rotatable bonds is 5. The normalized spacial score (nSPS) is 11.1. The topological polar surface area (TPSA) is 73.8 Å². The van der Waals surface area contributed by atoms with Crippen LogP contribution in [-0.4, -0.2) is 31.4 Å². The van der Waals surface area contributed by atoms with Gasteiger partial charge in [-0.05, 0) is 42.5 Å². The number of halogens is 1. The molecule has 29 heavy (non-hydrogen) atoms. The minimum atomic E-state index is -0.327. The Bertz CT molecular complexity index is 1250. The highest BCUT2D eigenvalue weighted by molar-refractivity contribution is 5.93. The molecule has 148 valence electrons. The number of aryl methyl sites for hydroxylation is 2. The summed E-state index contributed by atoms with van der Waals surface area (Å²) in [5.74, 6) is -0.618. The van der Waals surface area contributed by atoms with Crippen LogP contribution in [0.4, 0.5) is 4.39 Å². The van der Waals surface area contributed by atoms with Gasteiger partial charge in [-0.3, -0.25) is 14.3 Å². The molecule has 0 aliphatic rings. The van der Waals surface area contributed by atoms with Gasteiger partial charge in [-0.1, -0.05) is 0 Å². The lowest BCUT2D eigenvalue weighted by atomic mass is 10.1. The van der Waals surface area contributed by atoms with Crippen molar-refractivity contribution in [1.82, 2.24) is 24.2 Å². The number of pyridine rings is 1. The first-order chi connectivity index (χ1) is 13.9. The average molecular weight is 393 g/mol. The van der Waals surface area contributed by atoms with E-state index in [9.17, 15) is 14.0 Å². The van der Waals surface area contributed by atoms with Crippen molar-refractivity contribution in [3.63, 3.8) is 0 Å². The third-order valence-electron chi connectivity index (χ3n) is 4.89. The summed E-state index contributed by atoms with van der Waals surface area (Å²) in [6.07, 6.45) is 3.58. The van der Waals surface area contributed by atoms with Crippen molar-refractivity contribution in [1.29, 1.82) is 0 Å². The van der Waals surface area contributed by atoms with E-state index in [1.807, 2.05) is 25.4 Å². The van der Waals surface area contributed by atoms with E-state index >= 15 is 0 Å². The molecule has 1 amide bonds. The summed E-state index contributed by atoms with van der Waals surface area (Å²) in [5, 5.41) is 8.03. The van der Waals surface area contributed by atoms with E-state index in [2.05, 4.69) is 10.4 Å². The number of amides is 1. The van der Waals surface area contributed by atoms with Crippen molar-refractivity contribution < 1.29 is 9.18 Å². The molecule has 4 rings (SSSR count). The number of nitrogens with one attached hydrogen (secondary N) is 1. The molecule has 3 aromatic heterocycles. The van der Waals surface area contributed by atoms with Gasteiger partial charge in [-0.15, -0.1) is 0 Å². The third-order valence-corrected chi connectivity index (χ3v) is 4.89. The highest BCUT2D eigenvalue weighted by atomic mass is 19.1. The molecule has 0 saturated heterocycles. The molecule has 0 aliphatic carbocycles. The summed E-state index contributed by atoms with van der Waals surface area (Å²) in [4.78, 5) is 25.1. The first-order valence-corrected chi connectivity index (χ1v) is 9.16. The van der Waals surface area contributed by atoms with Crippen molar-refractivity contribution in [2.24, 2.45) is 14.1 Å². The van der Waals surface area contributed by atoms with Gasteiger partial charge in [0.05, 0.1) is 5.69 Å². The molecule has 0 radical (unpaired) electrons. The van der Waals surface area contributed by atoms with Crippen molar-refractivity contribution >= 4 is 16.8 Å². The largest absolute Gasteiger partial charge is 0.349 e. The van der Waals surface area contributed by atoms with Crippen molar-refractivity contribution in [3.8, 4) is 11.3 Å². The van der Waals surface area contributed by atoms with Gasteiger partial charge in [0.15, 0.2) is 0 Å². The molecule has 0 atom stereocenters. The third kappa shape index (κ3) is 3.56. The van der Waals surface area contributed by atoms with Gasteiger partial charge < -0.3 is 14.5 Å². The molecule has 3 heterocycles. The van der Waals surface area contributed by atoms with Crippen LogP contribution in [0.15, 0.2) is 59.7 Å². The zero-order valence-corrected chi connectivity index (χ0v) is 16.1. The molecule has 1 N–H and O–H groups in total. The van der Waals surface area contributed by atoms with Crippen molar-refractivity contribution in [2.75, 3.05) is 6.54 Å². The zero-order chi connectivity index (χ0) is 20.5. The number of carbonyl (C=O) groups excluding carboxylic acids is 1. The summed E-state index contributed by atoms with van der Waals surface area (Å²) in [6, 6.07) is 11.4. The lowest BCUT2D eigenvalue weighted by Gasteiger charge is -2.08. The van der Waals surface area contributed by atoms with Gasteiger partial charge in [-0.2, -0.15) is 5.10 Å².